The zero-order valence-electron chi connectivity index (χ0n) is 11.7. The first-order chi connectivity index (χ1) is 10.1. The van der Waals surface area contributed by atoms with Gasteiger partial charge in [-0.05, 0) is 19.1 Å². The lowest BCUT2D eigenvalue weighted by Gasteiger charge is -2.09. The number of ether oxygens (including phenoxy) is 1. The van der Waals surface area contributed by atoms with Crippen molar-refractivity contribution in [1.82, 2.24) is 9.97 Å². The summed E-state index contributed by atoms with van der Waals surface area (Å²) in [6.07, 6.45) is 0. The van der Waals surface area contributed by atoms with Crippen LogP contribution in [0, 0.1) is 0 Å². The summed E-state index contributed by atoms with van der Waals surface area (Å²) >= 11 is 1.38. The van der Waals surface area contributed by atoms with Crippen LogP contribution in [0.1, 0.15) is 12.6 Å². The standard InChI is InChI=1S/C14H17N3O3S/c1-2-20-14(19)9(15)7-21-8-12-13(18)17-11-6-4-3-5-10(11)16-12/h3-6,9H,2,7-8,15H2,1H3,(H,17,18). The Hall–Kier alpha value is -1.86. The molecule has 0 bridgehead atoms. The van der Waals surface area contributed by atoms with Crippen molar-refractivity contribution in [1.29, 1.82) is 0 Å². The monoisotopic (exact) mass is 307 g/mol. The fraction of sp³-hybridized carbons (Fsp3) is 0.357. The van der Waals surface area contributed by atoms with Gasteiger partial charge in [0, 0.05) is 11.5 Å². The molecular formula is C14H17N3O3S. The third kappa shape index (κ3) is 4.05. The lowest BCUT2D eigenvalue weighted by Crippen LogP contribution is -2.34. The van der Waals surface area contributed by atoms with Crippen molar-refractivity contribution in [2.45, 2.75) is 18.7 Å². The van der Waals surface area contributed by atoms with Gasteiger partial charge in [0.1, 0.15) is 11.7 Å². The SMILES string of the molecule is CCOC(=O)C(N)CSCc1nc2ccccc2[nH]c1=O. The van der Waals surface area contributed by atoms with Gasteiger partial charge in [0.15, 0.2) is 0 Å². The number of benzene rings is 1. The number of thioether (sulfide) groups is 1. The second-order valence-corrected chi connectivity index (χ2v) is 5.43. The third-order valence-electron chi connectivity index (χ3n) is 2.80. The van der Waals surface area contributed by atoms with Gasteiger partial charge < -0.3 is 15.5 Å². The Morgan fingerprint density at radius 1 is 1.48 bits per heavy atom. The number of nitrogens with zero attached hydrogens (tertiary/aromatic N) is 1. The molecule has 112 valence electrons. The number of hydrogen-bond donors (Lipinski definition) is 2. The van der Waals surface area contributed by atoms with Crippen LogP contribution < -0.4 is 11.3 Å². The van der Waals surface area contributed by atoms with Gasteiger partial charge in [0.05, 0.1) is 17.6 Å². The van der Waals surface area contributed by atoms with Gasteiger partial charge in [0.25, 0.3) is 5.56 Å². The highest BCUT2D eigenvalue weighted by molar-refractivity contribution is 7.98. The number of H-pyrrole nitrogens is 1. The molecule has 0 fully saturated rings. The molecule has 3 N–H and O–H groups in total. The zero-order chi connectivity index (χ0) is 15.2. The lowest BCUT2D eigenvalue weighted by molar-refractivity contribution is -0.144. The van der Waals surface area contributed by atoms with Crippen LogP contribution in [-0.4, -0.2) is 34.3 Å². The van der Waals surface area contributed by atoms with Gasteiger partial charge in [-0.15, -0.1) is 0 Å². The molecule has 0 amide bonds. The first-order valence-electron chi connectivity index (χ1n) is 6.59. The molecule has 2 aromatic rings. The smallest absolute Gasteiger partial charge is 0.323 e. The minimum absolute atomic E-state index is 0.217. The van der Waals surface area contributed by atoms with Crippen LogP contribution in [0.4, 0.5) is 0 Å². The van der Waals surface area contributed by atoms with Crippen molar-refractivity contribution >= 4 is 28.8 Å². The first kappa shape index (κ1) is 15.5. The molecule has 1 unspecified atom stereocenters. The topological polar surface area (TPSA) is 98.1 Å². The molecule has 7 heteroatoms. The van der Waals surface area contributed by atoms with Crippen molar-refractivity contribution in [3.8, 4) is 0 Å². The van der Waals surface area contributed by atoms with Crippen LogP contribution >= 0.6 is 11.8 Å². The molecule has 0 spiro atoms. The molecule has 1 heterocycles. The highest BCUT2D eigenvalue weighted by Crippen LogP contribution is 2.12. The van der Waals surface area contributed by atoms with E-state index in [0.29, 0.717) is 29.3 Å². The average Bonchev–Trinajstić information content (AvgIpc) is 2.47. The number of aromatic nitrogens is 2. The minimum atomic E-state index is -0.686. The van der Waals surface area contributed by atoms with Crippen LogP contribution in [0.5, 0.6) is 0 Å². The van der Waals surface area contributed by atoms with Crippen LogP contribution in [0.25, 0.3) is 11.0 Å². The van der Waals surface area contributed by atoms with E-state index in [4.69, 9.17) is 10.5 Å². The number of fused-ring (bicyclic) bond motifs is 1. The fourth-order valence-electron chi connectivity index (χ4n) is 1.77. The molecule has 1 atom stereocenters. The third-order valence-corrected chi connectivity index (χ3v) is 3.87. The predicted molar refractivity (Wildman–Crippen MR) is 83.1 cm³/mol. The number of hydrogen-bond acceptors (Lipinski definition) is 6. The number of carbonyl (C=O) groups is 1. The first-order valence-corrected chi connectivity index (χ1v) is 7.75. The number of carbonyl (C=O) groups excluding carboxylic acids is 1. The van der Waals surface area contributed by atoms with Gasteiger partial charge in [-0.3, -0.25) is 9.59 Å². The molecule has 0 radical (unpaired) electrons. The molecule has 0 saturated heterocycles. The Kier molecular flexibility index (Phi) is 5.35. The molecule has 1 aromatic carbocycles. The van der Waals surface area contributed by atoms with Gasteiger partial charge in [0.2, 0.25) is 0 Å². The number of para-hydroxylation sites is 2. The number of aromatic amines is 1. The largest absolute Gasteiger partial charge is 0.465 e. The highest BCUT2D eigenvalue weighted by atomic mass is 32.2. The predicted octanol–water partition coefficient (Wildman–Crippen LogP) is 1.05. The molecule has 1 aromatic heterocycles. The van der Waals surface area contributed by atoms with E-state index in [-0.39, 0.29) is 5.56 Å². The van der Waals surface area contributed by atoms with E-state index in [1.807, 2.05) is 18.2 Å². The number of rotatable bonds is 6. The van der Waals surface area contributed by atoms with E-state index in [0.717, 1.165) is 5.52 Å². The van der Waals surface area contributed by atoms with Gasteiger partial charge in [-0.25, -0.2) is 4.98 Å². The van der Waals surface area contributed by atoms with Crippen molar-refractivity contribution in [2.75, 3.05) is 12.4 Å². The van der Waals surface area contributed by atoms with E-state index in [1.165, 1.54) is 11.8 Å². The molecule has 0 aliphatic heterocycles. The Labute approximate surface area is 126 Å². The maximum Gasteiger partial charge on any atom is 0.323 e. The molecule has 21 heavy (non-hydrogen) atoms. The summed E-state index contributed by atoms with van der Waals surface area (Å²) in [6, 6.07) is 6.66. The quantitative estimate of drug-likeness (QED) is 0.774. The van der Waals surface area contributed by atoms with Gasteiger partial charge in [-0.1, -0.05) is 12.1 Å². The molecule has 2 rings (SSSR count). The van der Waals surface area contributed by atoms with Crippen molar-refractivity contribution in [2.24, 2.45) is 5.73 Å². The zero-order valence-corrected chi connectivity index (χ0v) is 12.5. The Morgan fingerprint density at radius 3 is 3.00 bits per heavy atom. The van der Waals surface area contributed by atoms with E-state index in [1.54, 1.807) is 13.0 Å². The summed E-state index contributed by atoms with van der Waals surface area (Å²) in [5.41, 5.74) is 7.35. The molecule has 6 nitrogen and oxygen atoms in total. The molecular weight excluding hydrogens is 290 g/mol. The summed E-state index contributed by atoms with van der Waals surface area (Å²) in [5.74, 6) is 0.352. The Morgan fingerprint density at radius 2 is 2.24 bits per heavy atom. The summed E-state index contributed by atoms with van der Waals surface area (Å²) in [7, 11) is 0. The summed E-state index contributed by atoms with van der Waals surface area (Å²) in [6.45, 7) is 2.04. The minimum Gasteiger partial charge on any atom is -0.465 e. The average molecular weight is 307 g/mol. The maximum absolute atomic E-state index is 11.9. The lowest BCUT2D eigenvalue weighted by atomic mass is 10.3. The van der Waals surface area contributed by atoms with Crippen LogP contribution in [0.3, 0.4) is 0 Å². The molecule has 0 saturated carbocycles. The summed E-state index contributed by atoms with van der Waals surface area (Å²) < 4.78 is 4.83. The summed E-state index contributed by atoms with van der Waals surface area (Å²) in [5, 5.41) is 0. The fourth-order valence-corrected chi connectivity index (χ4v) is 2.66. The number of nitrogens with one attached hydrogen (secondary N) is 1. The summed E-state index contributed by atoms with van der Waals surface area (Å²) in [4.78, 5) is 30.4. The van der Waals surface area contributed by atoms with Crippen molar-refractivity contribution in [3.05, 3.63) is 40.3 Å². The normalized spacial score (nSPS) is 12.3. The second-order valence-electron chi connectivity index (χ2n) is 4.40. The van der Waals surface area contributed by atoms with E-state index < -0.39 is 12.0 Å². The van der Waals surface area contributed by atoms with E-state index in [9.17, 15) is 9.59 Å². The second kappa shape index (κ2) is 7.24. The van der Waals surface area contributed by atoms with Crippen LogP contribution in [0.15, 0.2) is 29.1 Å². The van der Waals surface area contributed by atoms with Crippen LogP contribution in [-0.2, 0) is 15.3 Å². The maximum atomic E-state index is 11.9. The highest BCUT2D eigenvalue weighted by Gasteiger charge is 2.15. The van der Waals surface area contributed by atoms with Gasteiger partial charge in [-0.2, -0.15) is 11.8 Å². The molecule has 0 aliphatic carbocycles. The van der Waals surface area contributed by atoms with E-state index >= 15 is 0 Å². The number of esters is 1. The van der Waals surface area contributed by atoms with Crippen molar-refractivity contribution < 1.29 is 9.53 Å². The Bertz CT molecular complexity index is 686. The van der Waals surface area contributed by atoms with Gasteiger partial charge >= 0.3 is 5.97 Å². The van der Waals surface area contributed by atoms with E-state index in [2.05, 4.69) is 9.97 Å². The number of nitrogens with two attached hydrogens (primary N) is 1. The molecule has 0 aliphatic rings. The Balaban J connectivity index is 1.99. The van der Waals surface area contributed by atoms with Crippen LogP contribution in [0.2, 0.25) is 0 Å². The van der Waals surface area contributed by atoms with Crippen molar-refractivity contribution in [3.63, 3.8) is 0 Å².